The second-order valence-corrected chi connectivity index (χ2v) is 7.26. The van der Waals surface area contributed by atoms with Crippen molar-refractivity contribution in [3.8, 4) is 0 Å². The molecule has 0 unspecified atom stereocenters. The van der Waals surface area contributed by atoms with E-state index in [1.54, 1.807) is 18.2 Å². The van der Waals surface area contributed by atoms with Gasteiger partial charge in [0.2, 0.25) is 5.89 Å². The van der Waals surface area contributed by atoms with Crippen LogP contribution < -0.4 is 0 Å². The lowest BCUT2D eigenvalue weighted by molar-refractivity contribution is -0.137. The molecule has 6 nitrogen and oxygen atoms in total. The van der Waals surface area contributed by atoms with Gasteiger partial charge in [0.25, 0.3) is 0 Å². The van der Waals surface area contributed by atoms with Crippen LogP contribution >= 0.6 is 0 Å². The summed E-state index contributed by atoms with van der Waals surface area (Å²) in [5, 5.41) is 8.85. The van der Waals surface area contributed by atoms with Crippen molar-refractivity contribution in [1.82, 2.24) is 9.88 Å². The predicted octanol–water partition coefficient (Wildman–Crippen LogP) is 3.92. The van der Waals surface area contributed by atoms with Crippen LogP contribution in [0.1, 0.15) is 42.2 Å². The van der Waals surface area contributed by atoms with Gasteiger partial charge < -0.3 is 14.3 Å². The number of halogens is 1. The first-order chi connectivity index (χ1) is 14.1. The monoisotopic (exact) mass is 398 g/mol. The first-order valence-corrected chi connectivity index (χ1v) is 9.77. The second-order valence-electron chi connectivity index (χ2n) is 7.26. The SMILES string of the molecule is O=C(O)CCN1CCc2oc(C3=CC=C(OCc4ccccc4F)CC3)nc2C1. The molecule has 1 N–H and O–H groups in total. The predicted molar refractivity (Wildman–Crippen MR) is 104 cm³/mol. The number of rotatable bonds is 7. The van der Waals surface area contributed by atoms with Gasteiger partial charge in [0, 0.05) is 43.6 Å². The van der Waals surface area contributed by atoms with Gasteiger partial charge in [0.1, 0.15) is 18.2 Å². The Morgan fingerprint density at radius 2 is 2.10 bits per heavy atom. The molecule has 1 aliphatic heterocycles. The van der Waals surface area contributed by atoms with Crippen molar-refractivity contribution in [3.63, 3.8) is 0 Å². The summed E-state index contributed by atoms with van der Waals surface area (Å²) in [5.74, 6) is 1.28. The minimum Gasteiger partial charge on any atom is -0.493 e. The molecule has 7 heteroatoms. The number of carbonyl (C=O) groups is 1. The molecule has 0 spiro atoms. The van der Waals surface area contributed by atoms with Crippen LogP contribution in [0.15, 0.2) is 46.6 Å². The van der Waals surface area contributed by atoms with Crippen LogP contribution in [-0.2, 0) is 29.1 Å². The lowest BCUT2D eigenvalue weighted by Gasteiger charge is -2.24. The first kappa shape index (κ1) is 19.4. The van der Waals surface area contributed by atoms with Crippen LogP contribution in [0.25, 0.3) is 5.57 Å². The molecule has 2 aliphatic rings. The number of aromatic nitrogens is 1. The molecular weight excluding hydrogens is 375 g/mol. The summed E-state index contributed by atoms with van der Waals surface area (Å²) in [6, 6.07) is 6.60. The Hall–Kier alpha value is -2.93. The van der Waals surface area contributed by atoms with Gasteiger partial charge in [-0.25, -0.2) is 9.37 Å². The summed E-state index contributed by atoms with van der Waals surface area (Å²) in [6.45, 7) is 2.13. The van der Waals surface area contributed by atoms with E-state index in [-0.39, 0.29) is 18.8 Å². The van der Waals surface area contributed by atoms with Crippen LogP contribution in [0.3, 0.4) is 0 Å². The van der Waals surface area contributed by atoms with Crippen molar-refractivity contribution in [3.05, 3.63) is 70.9 Å². The van der Waals surface area contributed by atoms with Gasteiger partial charge in [0.15, 0.2) is 0 Å². The van der Waals surface area contributed by atoms with E-state index in [4.69, 9.17) is 14.3 Å². The first-order valence-electron chi connectivity index (χ1n) is 9.77. The average Bonchev–Trinajstić information content (AvgIpc) is 3.15. The van der Waals surface area contributed by atoms with Crippen molar-refractivity contribution in [1.29, 1.82) is 0 Å². The van der Waals surface area contributed by atoms with E-state index in [0.29, 0.717) is 31.0 Å². The van der Waals surface area contributed by atoms with E-state index in [0.717, 1.165) is 42.2 Å². The third-order valence-electron chi connectivity index (χ3n) is 5.21. The van der Waals surface area contributed by atoms with E-state index in [2.05, 4.69) is 9.88 Å². The fraction of sp³-hybridized carbons (Fsp3) is 0.364. The lowest BCUT2D eigenvalue weighted by Crippen LogP contribution is -2.32. The van der Waals surface area contributed by atoms with Crippen LogP contribution in [0.5, 0.6) is 0 Å². The minimum atomic E-state index is -0.788. The van der Waals surface area contributed by atoms with Gasteiger partial charge in [-0.1, -0.05) is 24.3 Å². The number of carboxylic acid groups (broad SMARTS) is 1. The van der Waals surface area contributed by atoms with Crippen molar-refractivity contribution < 1.29 is 23.4 Å². The molecule has 0 fully saturated rings. The topological polar surface area (TPSA) is 75.8 Å². The van der Waals surface area contributed by atoms with Gasteiger partial charge in [-0.15, -0.1) is 0 Å². The maximum Gasteiger partial charge on any atom is 0.304 e. The highest BCUT2D eigenvalue weighted by atomic mass is 19.1. The number of ether oxygens (including phenoxy) is 1. The number of carboxylic acids is 1. The standard InChI is InChI=1S/C22H23FN2O4/c23-18-4-2-1-3-16(18)14-28-17-7-5-15(6-8-17)22-24-19-13-25(12-10-21(26)27)11-9-20(19)29-22/h1-5,7H,6,8-14H2,(H,26,27). The minimum absolute atomic E-state index is 0.131. The van der Waals surface area contributed by atoms with Gasteiger partial charge >= 0.3 is 5.97 Å². The molecule has 0 amide bonds. The fourth-order valence-electron chi connectivity index (χ4n) is 3.54. The Bertz CT molecular complexity index is 963. The Morgan fingerprint density at radius 3 is 2.86 bits per heavy atom. The maximum absolute atomic E-state index is 13.7. The number of benzene rings is 1. The van der Waals surface area contributed by atoms with Crippen molar-refractivity contribution in [2.24, 2.45) is 0 Å². The molecule has 2 heterocycles. The molecule has 29 heavy (non-hydrogen) atoms. The third-order valence-corrected chi connectivity index (χ3v) is 5.21. The largest absolute Gasteiger partial charge is 0.493 e. The Kier molecular flexibility index (Phi) is 5.76. The fourth-order valence-corrected chi connectivity index (χ4v) is 3.54. The molecule has 1 aliphatic carbocycles. The van der Waals surface area contributed by atoms with E-state index in [9.17, 15) is 9.18 Å². The molecule has 152 valence electrons. The van der Waals surface area contributed by atoms with Crippen LogP contribution in [-0.4, -0.2) is 34.0 Å². The number of hydrogen-bond donors (Lipinski definition) is 1. The summed E-state index contributed by atoms with van der Waals surface area (Å²) >= 11 is 0. The molecule has 0 radical (unpaired) electrons. The highest BCUT2D eigenvalue weighted by molar-refractivity contribution is 5.66. The lowest BCUT2D eigenvalue weighted by atomic mass is 10.0. The molecule has 1 aromatic heterocycles. The Morgan fingerprint density at radius 1 is 1.24 bits per heavy atom. The van der Waals surface area contributed by atoms with Crippen LogP contribution in [0.4, 0.5) is 4.39 Å². The summed E-state index contributed by atoms with van der Waals surface area (Å²) < 4.78 is 25.4. The van der Waals surface area contributed by atoms with Crippen LogP contribution in [0, 0.1) is 5.82 Å². The zero-order valence-electron chi connectivity index (χ0n) is 16.1. The summed E-state index contributed by atoms with van der Waals surface area (Å²) in [5.41, 5.74) is 2.44. The number of fused-ring (bicyclic) bond motifs is 1. The average molecular weight is 398 g/mol. The Labute approximate surface area is 168 Å². The van der Waals surface area contributed by atoms with Gasteiger partial charge in [0.05, 0.1) is 17.9 Å². The van der Waals surface area contributed by atoms with E-state index in [1.807, 2.05) is 12.2 Å². The highest BCUT2D eigenvalue weighted by Gasteiger charge is 2.24. The second kappa shape index (κ2) is 8.61. The summed E-state index contributed by atoms with van der Waals surface area (Å²) in [7, 11) is 0. The van der Waals surface area contributed by atoms with Crippen molar-refractivity contribution in [2.75, 3.05) is 13.1 Å². The maximum atomic E-state index is 13.7. The molecule has 0 saturated carbocycles. The van der Waals surface area contributed by atoms with Gasteiger partial charge in [-0.3, -0.25) is 9.69 Å². The molecule has 2 aromatic rings. The normalized spacial score (nSPS) is 16.7. The van der Waals surface area contributed by atoms with Crippen molar-refractivity contribution >= 4 is 11.5 Å². The molecular formula is C22H23FN2O4. The third kappa shape index (κ3) is 4.74. The summed E-state index contributed by atoms with van der Waals surface area (Å²) in [6.07, 6.45) is 6.15. The van der Waals surface area contributed by atoms with Crippen LogP contribution in [0.2, 0.25) is 0 Å². The molecule has 0 bridgehead atoms. The summed E-state index contributed by atoms with van der Waals surface area (Å²) in [4.78, 5) is 17.5. The molecule has 0 saturated heterocycles. The quantitative estimate of drug-likeness (QED) is 0.762. The highest BCUT2D eigenvalue weighted by Crippen LogP contribution is 2.30. The van der Waals surface area contributed by atoms with E-state index >= 15 is 0 Å². The zero-order valence-corrected chi connectivity index (χ0v) is 16.1. The Balaban J connectivity index is 1.38. The number of hydrogen-bond acceptors (Lipinski definition) is 5. The van der Waals surface area contributed by atoms with Gasteiger partial charge in [-0.2, -0.15) is 0 Å². The van der Waals surface area contributed by atoms with Crippen molar-refractivity contribution in [2.45, 2.75) is 38.8 Å². The molecule has 1 aromatic carbocycles. The zero-order chi connectivity index (χ0) is 20.2. The number of aliphatic carboxylic acids is 1. The van der Waals surface area contributed by atoms with E-state index < -0.39 is 5.97 Å². The number of oxazole rings is 1. The number of nitrogens with zero attached hydrogens (tertiary/aromatic N) is 2. The molecule has 0 atom stereocenters. The molecule has 4 rings (SSSR count). The smallest absolute Gasteiger partial charge is 0.304 e. The number of allylic oxidation sites excluding steroid dienone is 4. The van der Waals surface area contributed by atoms with Gasteiger partial charge in [-0.05, 0) is 18.6 Å². The van der Waals surface area contributed by atoms with E-state index in [1.165, 1.54) is 6.07 Å².